The van der Waals surface area contributed by atoms with E-state index < -0.39 is 19.5 Å². The molecule has 1 aliphatic rings. The van der Waals surface area contributed by atoms with Gasteiger partial charge in [-0.05, 0) is 50.4 Å². The summed E-state index contributed by atoms with van der Waals surface area (Å²) >= 11 is 0. The first kappa shape index (κ1) is 27.2. The normalized spacial score (nSPS) is 14.9. The van der Waals surface area contributed by atoms with Crippen molar-refractivity contribution in [3.63, 3.8) is 0 Å². The molecule has 3 aromatic rings. The summed E-state index contributed by atoms with van der Waals surface area (Å²) in [5, 5.41) is 22.5. The number of ether oxygens (including phenoxy) is 1. The third-order valence-electron chi connectivity index (χ3n) is 7.08. The second-order valence-corrected chi connectivity index (χ2v) is 16.7. The van der Waals surface area contributed by atoms with Crippen molar-refractivity contribution in [3.05, 3.63) is 69.0 Å². The van der Waals surface area contributed by atoms with E-state index in [9.17, 15) is 14.9 Å². The molecule has 38 heavy (non-hydrogen) atoms. The Morgan fingerprint density at radius 2 is 1.89 bits per heavy atom. The summed E-state index contributed by atoms with van der Waals surface area (Å²) in [6, 6.07) is 9.97. The topological polar surface area (TPSA) is 134 Å². The van der Waals surface area contributed by atoms with Crippen molar-refractivity contribution in [3.8, 4) is 12.1 Å². The van der Waals surface area contributed by atoms with E-state index in [-0.39, 0.29) is 18.2 Å². The van der Waals surface area contributed by atoms with Gasteiger partial charge in [-0.25, -0.2) is 9.97 Å². The van der Waals surface area contributed by atoms with E-state index in [1.165, 1.54) is 12.4 Å². The van der Waals surface area contributed by atoms with Crippen molar-refractivity contribution in [1.82, 2.24) is 19.9 Å². The number of amides is 1. The van der Waals surface area contributed by atoms with Crippen molar-refractivity contribution >= 4 is 24.9 Å². The highest BCUT2D eigenvalue weighted by Crippen LogP contribution is 2.49. The zero-order valence-corrected chi connectivity index (χ0v) is 23.5. The molecule has 1 aliphatic carbocycles. The first-order valence-corrected chi connectivity index (χ1v) is 16.4. The highest BCUT2D eigenvalue weighted by molar-refractivity contribution is 6.76. The first-order valence-electron chi connectivity index (χ1n) is 12.7. The van der Waals surface area contributed by atoms with Crippen LogP contribution in [0.15, 0.2) is 35.4 Å². The van der Waals surface area contributed by atoms with Gasteiger partial charge in [0, 0.05) is 38.0 Å². The molecule has 1 N–H and O–H groups in total. The minimum Gasteiger partial charge on any atom is -0.361 e. The van der Waals surface area contributed by atoms with Crippen LogP contribution >= 0.6 is 0 Å². The van der Waals surface area contributed by atoms with Crippen molar-refractivity contribution < 1.29 is 9.53 Å². The van der Waals surface area contributed by atoms with E-state index in [4.69, 9.17) is 10.00 Å². The Morgan fingerprint density at radius 3 is 2.47 bits per heavy atom. The fraction of sp³-hybridized carbons (Fsp3) is 0.429. The molecule has 1 atom stereocenters. The van der Waals surface area contributed by atoms with E-state index in [0.29, 0.717) is 58.4 Å². The zero-order valence-electron chi connectivity index (χ0n) is 22.5. The Balaban J connectivity index is 1.73. The molecule has 0 spiro atoms. The molecule has 0 aliphatic heterocycles. The molecule has 1 aromatic carbocycles. The van der Waals surface area contributed by atoms with Crippen LogP contribution in [0.5, 0.6) is 0 Å². The van der Waals surface area contributed by atoms with Crippen LogP contribution in [0, 0.1) is 29.6 Å². The Bertz CT molecular complexity index is 1520. The van der Waals surface area contributed by atoms with E-state index in [0.717, 1.165) is 6.04 Å². The highest BCUT2D eigenvalue weighted by atomic mass is 28.3. The summed E-state index contributed by atoms with van der Waals surface area (Å²) < 4.78 is 7.52. The van der Waals surface area contributed by atoms with Gasteiger partial charge in [-0.15, -0.1) is 0 Å². The lowest BCUT2D eigenvalue weighted by Gasteiger charge is -2.23. The average molecular weight is 529 g/mol. The second-order valence-electron chi connectivity index (χ2n) is 11.1. The number of nitrogens with zero attached hydrogens (tertiary/aromatic N) is 5. The first-order chi connectivity index (χ1) is 18.0. The van der Waals surface area contributed by atoms with Crippen LogP contribution in [0.4, 0.5) is 0 Å². The van der Waals surface area contributed by atoms with E-state index in [2.05, 4.69) is 41.0 Å². The zero-order chi connectivity index (χ0) is 27.7. The minimum absolute atomic E-state index is 0.0508. The number of nitrogens with one attached hydrogen (secondary N) is 1. The molecule has 4 rings (SSSR count). The number of rotatable bonds is 9. The number of hydrogen-bond donors (Lipinski definition) is 1. The fourth-order valence-electron chi connectivity index (χ4n) is 4.74. The van der Waals surface area contributed by atoms with Gasteiger partial charge in [0.25, 0.3) is 5.56 Å². The van der Waals surface area contributed by atoms with Gasteiger partial charge in [0.2, 0.25) is 5.91 Å². The van der Waals surface area contributed by atoms with Crippen LogP contribution in [0.25, 0.3) is 10.9 Å². The molecule has 10 heteroatoms. The van der Waals surface area contributed by atoms with E-state index in [1.807, 2.05) is 19.1 Å². The van der Waals surface area contributed by atoms with Crippen LogP contribution in [-0.2, 0) is 21.7 Å². The minimum atomic E-state index is -1.32. The van der Waals surface area contributed by atoms with Crippen LogP contribution in [0.1, 0.15) is 53.9 Å². The van der Waals surface area contributed by atoms with Crippen molar-refractivity contribution in [2.24, 2.45) is 0 Å². The molecular weight excluding hydrogens is 496 g/mol. The van der Waals surface area contributed by atoms with Gasteiger partial charge in [-0.3, -0.25) is 14.2 Å². The lowest BCUT2D eigenvalue weighted by molar-refractivity contribution is -0.124. The predicted molar refractivity (Wildman–Crippen MR) is 146 cm³/mol. The Labute approximate surface area is 223 Å². The summed E-state index contributed by atoms with van der Waals surface area (Å²) in [6.45, 7) is 11.0. The van der Waals surface area contributed by atoms with Gasteiger partial charge in [-0.2, -0.15) is 10.5 Å². The highest BCUT2D eigenvalue weighted by Gasteiger charge is 2.54. The smallest absolute Gasteiger partial charge is 0.257 e. The van der Waals surface area contributed by atoms with Gasteiger partial charge >= 0.3 is 0 Å². The molecule has 2 aromatic heterocycles. The van der Waals surface area contributed by atoms with Crippen molar-refractivity contribution in [2.75, 3.05) is 6.61 Å². The number of hydrogen-bond acceptors (Lipinski definition) is 7. The summed E-state index contributed by atoms with van der Waals surface area (Å²) in [5.41, 5.74) is 1.19. The molecule has 0 radical (unpaired) electrons. The quantitative estimate of drug-likeness (QED) is 0.327. The number of nitriles is 2. The van der Waals surface area contributed by atoms with Gasteiger partial charge in [-0.1, -0.05) is 25.7 Å². The number of benzene rings is 1. The number of aromatic nitrogens is 3. The monoisotopic (exact) mass is 528 g/mol. The van der Waals surface area contributed by atoms with Gasteiger partial charge in [0.1, 0.15) is 18.6 Å². The summed E-state index contributed by atoms with van der Waals surface area (Å²) in [7, 11) is -1.32. The molecule has 2 heterocycles. The maximum absolute atomic E-state index is 14.0. The molecular formula is C28H32N6O3Si. The molecule has 1 amide bonds. The summed E-state index contributed by atoms with van der Waals surface area (Å²) in [4.78, 5) is 36.0. The largest absolute Gasteiger partial charge is 0.361 e. The number of carbonyl (C=O) groups excluding carboxylic acids is 1. The molecule has 0 bridgehead atoms. The van der Waals surface area contributed by atoms with Crippen molar-refractivity contribution in [1.29, 1.82) is 10.5 Å². The SMILES string of the molecule is Cc1c(C2(C(=O)N[C@H](C)c3ncc(C#N)cn3)CC2)c(=O)n(COCC[Si](C)(C)C)c2cccc(C#N)c12. The molecule has 196 valence electrons. The molecule has 0 saturated heterocycles. The van der Waals surface area contributed by atoms with Crippen molar-refractivity contribution in [2.45, 2.75) is 70.6 Å². The third-order valence-corrected chi connectivity index (χ3v) is 8.78. The Hall–Kier alpha value is -3.86. The Morgan fingerprint density at radius 1 is 1.21 bits per heavy atom. The lowest BCUT2D eigenvalue weighted by atomic mass is 9.88. The third kappa shape index (κ3) is 5.24. The Kier molecular flexibility index (Phi) is 7.50. The van der Waals surface area contributed by atoms with Crippen LogP contribution in [0.3, 0.4) is 0 Å². The van der Waals surface area contributed by atoms with Crippen LogP contribution < -0.4 is 10.9 Å². The second kappa shape index (κ2) is 10.5. The van der Waals surface area contributed by atoms with E-state index >= 15 is 0 Å². The van der Waals surface area contributed by atoms with Crippen LogP contribution in [0.2, 0.25) is 25.7 Å². The number of fused-ring (bicyclic) bond motifs is 1. The number of pyridine rings is 1. The van der Waals surface area contributed by atoms with Gasteiger partial charge in [0.15, 0.2) is 0 Å². The van der Waals surface area contributed by atoms with Crippen LogP contribution in [-0.4, -0.2) is 35.1 Å². The molecule has 1 fully saturated rings. The fourth-order valence-corrected chi connectivity index (χ4v) is 5.50. The molecule has 9 nitrogen and oxygen atoms in total. The molecule has 0 unspecified atom stereocenters. The number of carbonyl (C=O) groups is 1. The van der Waals surface area contributed by atoms with Gasteiger partial charge in [0.05, 0.1) is 34.2 Å². The molecule has 1 saturated carbocycles. The summed E-state index contributed by atoms with van der Waals surface area (Å²) in [5.74, 6) is 0.0986. The predicted octanol–water partition coefficient (Wildman–Crippen LogP) is 4.06. The average Bonchev–Trinajstić information content (AvgIpc) is 3.69. The maximum atomic E-state index is 14.0. The lowest BCUT2D eigenvalue weighted by Crippen LogP contribution is -2.42. The number of aryl methyl sites for hydroxylation is 1. The standard InChI is InChI=1S/C28H32N6O3Si/c1-18-23-21(14-30)7-6-8-22(23)34(17-37-11-12-38(3,4)5)26(35)24(18)28(9-10-28)27(36)33-19(2)25-31-15-20(13-29)16-32-25/h6-8,15-16,19H,9-12,17H2,1-5H3,(H,33,36)/t19-/m1/s1. The van der Waals surface area contributed by atoms with Gasteiger partial charge < -0.3 is 10.1 Å². The van der Waals surface area contributed by atoms with E-state index in [1.54, 1.807) is 23.6 Å². The summed E-state index contributed by atoms with van der Waals surface area (Å²) in [6.07, 6.45) is 3.87. The maximum Gasteiger partial charge on any atom is 0.257 e.